The van der Waals surface area contributed by atoms with Crippen LogP contribution in [0, 0.1) is 0 Å². The number of benzene rings is 1. The molecule has 0 aliphatic carbocycles. The van der Waals surface area contributed by atoms with Gasteiger partial charge in [0.05, 0.1) is 22.3 Å². The summed E-state index contributed by atoms with van der Waals surface area (Å²) in [6.07, 6.45) is 0.562. The fourth-order valence-corrected chi connectivity index (χ4v) is 2.69. The van der Waals surface area contributed by atoms with Crippen LogP contribution in [0.1, 0.15) is 24.5 Å². The van der Waals surface area contributed by atoms with Crippen molar-refractivity contribution in [3.8, 4) is 0 Å². The molecule has 3 nitrogen and oxygen atoms in total. The molecule has 0 saturated carbocycles. The van der Waals surface area contributed by atoms with Gasteiger partial charge in [0.2, 0.25) is 0 Å². The fraction of sp³-hybridized carbons (Fsp3) is 0.538. The minimum absolute atomic E-state index is 0.225. The van der Waals surface area contributed by atoms with Crippen LogP contribution in [0.15, 0.2) is 18.2 Å². The highest BCUT2D eigenvalue weighted by molar-refractivity contribution is 6.42. The van der Waals surface area contributed by atoms with Gasteiger partial charge in [0.15, 0.2) is 0 Å². The van der Waals surface area contributed by atoms with Crippen molar-refractivity contribution < 1.29 is 10.2 Å². The first kappa shape index (κ1) is 14.1. The van der Waals surface area contributed by atoms with Crippen molar-refractivity contribution in [2.75, 3.05) is 19.6 Å². The van der Waals surface area contributed by atoms with E-state index in [4.69, 9.17) is 23.2 Å². The molecule has 2 unspecified atom stereocenters. The molecule has 1 aromatic carbocycles. The standard InChI is InChI=1S/C13H17Cl2NO2/c14-11-3-1-2-10(13(11)15)12(18)5-7-16-6-4-9(17)8-16/h1-3,9,12,17-18H,4-8H2. The molecule has 1 heterocycles. The van der Waals surface area contributed by atoms with Crippen molar-refractivity contribution in [1.29, 1.82) is 0 Å². The van der Waals surface area contributed by atoms with Crippen LogP contribution in [0.5, 0.6) is 0 Å². The summed E-state index contributed by atoms with van der Waals surface area (Å²) >= 11 is 12.0. The zero-order valence-corrected chi connectivity index (χ0v) is 11.5. The summed E-state index contributed by atoms with van der Waals surface area (Å²) in [6, 6.07) is 5.28. The number of β-amino-alcohol motifs (C(OH)–C–C–N with tert-alkyl or cyclic N) is 1. The quantitative estimate of drug-likeness (QED) is 0.895. The number of hydrogen-bond donors (Lipinski definition) is 2. The van der Waals surface area contributed by atoms with E-state index in [9.17, 15) is 10.2 Å². The lowest BCUT2D eigenvalue weighted by Gasteiger charge is -2.18. The maximum Gasteiger partial charge on any atom is 0.0817 e. The second kappa shape index (κ2) is 6.22. The van der Waals surface area contributed by atoms with E-state index in [2.05, 4.69) is 4.90 Å². The molecule has 2 N–H and O–H groups in total. The molecule has 2 rings (SSSR count). The van der Waals surface area contributed by atoms with Crippen molar-refractivity contribution >= 4 is 23.2 Å². The Kier molecular flexibility index (Phi) is 4.87. The van der Waals surface area contributed by atoms with Gasteiger partial charge in [-0.2, -0.15) is 0 Å². The lowest BCUT2D eigenvalue weighted by molar-refractivity contribution is 0.138. The maximum atomic E-state index is 10.1. The van der Waals surface area contributed by atoms with Crippen molar-refractivity contribution in [2.45, 2.75) is 25.0 Å². The van der Waals surface area contributed by atoms with Gasteiger partial charge in [-0.25, -0.2) is 0 Å². The topological polar surface area (TPSA) is 43.7 Å². The number of nitrogens with zero attached hydrogens (tertiary/aromatic N) is 1. The van der Waals surface area contributed by atoms with Crippen LogP contribution in [0.4, 0.5) is 0 Å². The van der Waals surface area contributed by atoms with Gasteiger partial charge in [0.1, 0.15) is 0 Å². The summed E-state index contributed by atoms with van der Waals surface area (Å²) < 4.78 is 0. The highest BCUT2D eigenvalue weighted by Gasteiger charge is 2.21. The van der Waals surface area contributed by atoms with Crippen molar-refractivity contribution in [3.05, 3.63) is 33.8 Å². The molecule has 1 aromatic rings. The largest absolute Gasteiger partial charge is 0.392 e. The third-order valence-electron chi connectivity index (χ3n) is 3.31. The van der Waals surface area contributed by atoms with Crippen molar-refractivity contribution in [2.24, 2.45) is 0 Å². The second-order valence-electron chi connectivity index (χ2n) is 4.69. The van der Waals surface area contributed by atoms with Gasteiger partial charge in [0, 0.05) is 25.2 Å². The number of likely N-dealkylation sites (tertiary alicyclic amines) is 1. The lowest BCUT2D eigenvalue weighted by atomic mass is 10.1. The minimum atomic E-state index is -0.617. The lowest BCUT2D eigenvalue weighted by Crippen LogP contribution is -2.24. The van der Waals surface area contributed by atoms with Crippen molar-refractivity contribution in [3.63, 3.8) is 0 Å². The van der Waals surface area contributed by atoms with Crippen LogP contribution < -0.4 is 0 Å². The Morgan fingerprint density at radius 1 is 1.39 bits per heavy atom. The third-order valence-corrected chi connectivity index (χ3v) is 4.14. The van der Waals surface area contributed by atoms with Gasteiger partial charge >= 0.3 is 0 Å². The van der Waals surface area contributed by atoms with Gasteiger partial charge in [0.25, 0.3) is 0 Å². The van der Waals surface area contributed by atoms with E-state index < -0.39 is 6.10 Å². The first-order valence-electron chi connectivity index (χ1n) is 6.10. The Morgan fingerprint density at radius 2 is 2.17 bits per heavy atom. The fourth-order valence-electron chi connectivity index (χ4n) is 2.25. The van der Waals surface area contributed by atoms with Gasteiger partial charge in [-0.15, -0.1) is 0 Å². The van der Waals surface area contributed by atoms with Crippen molar-refractivity contribution in [1.82, 2.24) is 4.90 Å². The first-order valence-corrected chi connectivity index (χ1v) is 6.86. The molecule has 1 fully saturated rings. The average molecular weight is 290 g/mol. The number of aliphatic hydroxyl groups excluding tert-OH is 2. The second-order valence-corrected chi connectivity index (χ2v) is 5.48. The van der Waals surface area contributed by atoms with E-state index in [-0.39, 0.29) is 6.10 Å². The molecular formula is C13H17Cl2NO2. The van der Waals surface area contributed by atoms with Crippen LogP contribution in [0.2, 0.25) is 10.0 Å². The zero-order valence-electron chi connectivity index (χ0n) is 10.0. The molecule has 100 valence electrons. The summed E-state index contributed by atoms with van der Waals surface area (Å²) in [6.45, 7) is 2.33. The Labute approximate surface area is 117 Å². The monoisotopic (exact) mass is 289 g/mol. The molecule has 5 heteroatoms. The third kappa shape index (κ3) is 3.37. The molecule has 0 aromatic heterocycles. The maximum absolute atomic E-state index is 10.1. The van der Waals surface area contributed by atoms with E-state index in [1.165, 1.54) is 0 Å². The van der Waals surface area contributed by atoms with Gasteiger partial charge < -0.3 is 15.1 Å². The molecule has 0 radical (unpaired) electrons. The smallest absolute Gasteiger partial charge is 0.0817 e. The van der Waals surface area contributed by atoms with Crippen LogP contribution in [0.25, 0.3) is 0 Å². The van der Waals surface area contributed by atoms with E-state index in [1.54, 1.807) is 18.2 Å². The zero-order chi connectivity index (χ0) is 13.1. The van der Waals surface area contributed by atoms with E-state index in [1.807, 2.05) is 0 Å². The van der Waals surface area contributed by atoms with Gasteiger partial charge in [-0.3, -0.25) is 0 Å². The van der Waals surface area contributed by atoms with Crippen LogP contribution in [-0.4, -0.2) is 40.9 Å². The molecular weight excluding hydrogens is 273 g/mol. The normalized spacial score (nSPS) is 22.3. The summed E-state index contributed by atoms with van der Waals surface area (Å²) in [5.41, 5.74) is 0.670. The molecule has 2 atom stereocenters. The Bertz CT molecular complexity index is 414. The summed E-state index contributed by atoms with van der Waals surface area (Å²) in [4.78, 5) is 2.15. The SMILES string of the molecule is OC1CCN(CCC(O)c2cccc(Cl)c2Cl)C1. The highest BCUT2D eigenvalue weighted by atomic mass is 35.5. The summed E-state index contributed by atoms with van der Waals surface area (Å²) in [5.74, 6) is 0. The molecule has 0 bridgehead atoms. The highest BCUT2D eigenvalue weighted by Crippen LogP contribution is 2.31. The van der Waals surface area contributed by atoms with E-state index >= 15 is 0 Å². The summed E-state index contributed by atoms with van der Waals surface area (Å²) in [5, 5.41) is 20.4. The molecule has 1 aliphatic rings. The molecule has 1 saturated heterocycles. The summed E-state index contributed by atoms with van der Waals surface area (Å²) in [7, 11) is 0. The number of aliphatic hydroxyl groups is 2. The van der Waals surface area contributed by atoms with Crippen LogP contribution in [-0.2, 0) is 0 Å². The van der Waals surface area contributed by atoms with E-state index in [0.29, 0.717) is 28.6 Å². The number of hydrogen-bond acceptors (Lipinski definition) is 3. The van der Waals surface area contributed by atoms with Crippen LogP contribution >= 0.6 is 23.2 Å². The van der Waals surface area contributed by atoms with E-state index in [0.717, 1.165) is 19.5 Å². The predicted octanol–water partition coefficient (Wildman–Crippen LogP) is 2.48. The predicted molar refractivity (Wildman–Crippen MR) is 73.1 cm³/mol. The Hall–Kier alpha value is -0.320. The number of halogens is 2. The average Bonchev–Trinajstić information content (AvgIpc) is 2.76. The molecule has 0 spiro atoms. The molecule has 1 aliphatic heterocycles. The Balaban J connectivity index is 1.91. The van der Waals surface area contributed by atoms with Crippen LogP contribution in [0.3, 0.4) is 0 Å². The molecule has 18 heavy (non-hydrogen) atoms. The molecule has 0 amide bonds. The van der Waals surface area contributed by atoms with Gasteiger partial charge in [-0.1, -0.05) is 35.3 Å². The minimum Gasteiger partial charge on any atom is -0.392 e. The Morgan fingerprint density at radius 3 is 2.83 bits per heavy atom. The van der Waals surface area contributed by atoms with Gasteiger partial charge in [-0.05, 0) is 18.9 Å². The first-order chi connectivity index (χ1) is 8.58. The number of rotatable bonds is 4.